The third-order valence-corrected chi connectivity index (χ3v) is 2.86. The van der Waals surface area contributed by atoms with Crippen molar-refractivity contribution >= 4 is 17.2 Å². The van der Waals surface area contributed by atoms with E-state index in [0.717, 1.165) is 6.07 Å². The first-order valence-electron chi connectivity index (χ1n) is 5.05. The fraction of sp³-hybridized carbons (Fsp3) is 0.364. The minimum Gasteiger partial charge on any atom is -0.306 e. The van der Waals surface area contributed by atoms with Gasteiger partial charge in [-0.25, -0.2) is 4.98 Å². The van der Waals surface area contributed by atoms with Crippen LogP contribution in [0.3, 0.4) is 0 Å². The summed E-state index contributed by atoms with van der Waals surface area (Å²) in [6.45, 7) is 3.83. The second-order valence-electron chi connectivity index (χ2n) is 4.09. The zero-order chi connectivity index (χ0) is 12.8. The van der Waals surface area contributed by atoms with Crippen molar-refractivity contribution in [1.82, 2.24) is 9.38 Å². The maximum absolute atomic E-state index is 12.6. The molecule has 0 aliphatic rings. The predicted octanol–water partition coefficient (Wildman–Crippen LogP) is 4.13. The molecule has 0 radical (unpaired) electrons. The van der Waals surface area contributed by atoms with Gasteiger partial charge in [-0.3, -0.25) is 0 Å². The Hall–Kier alpha value is -1.23. The third-order valence-electron chi connectivity index (χ3n) is 2.48. The molecule has 2 heterocycles. The number of hydrogen-bond donors (Lipinski definition) is 0. The Bertz CT molecular complexity index is 558. The number of halogens is 4. The normalized spacial score (nSPS) is 12.6. The molecule has 0 aromatic carbocycles. The third kappa shape index (κ3) is 2.11. The standard InChI is InChI=1S/C11H10ClF3N2/c1-6(2)8-5-17-4-3-7(11(13,14)15)9(12)10(17)16-8/h3-6H,1-2H3. The average Bonchev–Trinajstić information content (AvgIpc) is 2.60. The van der Waals surface area contributed by atoms with Crippen LogP contribution < -0.4 is 0 Å². The zero-order valence-corrected chi connectivity index (χ0v) is 9.97. The Morgan fingerprint density at radius 2 is 2.00 bits per heavy atom. The van der Waals surface area contributed by atoms with Crippen LogP contribution in [0.5, 0.6) is 0 Å². The van der Waals surface area contributed by atoms with E-state index < -0.39 is 11.7 Å². The highest BCUT2D eigenvalue weighted by atomic mass is 35.5. The largest absolute Gasteiger partial charge is 0.418 e. The molecule has 0 saturated carbocycles. The first-order chi connectivity index (χ1) is 7.80. The van der Waals surface area contributed by atoms with Crippen molar-refractivity contribution in [2.75, 3.05) is 0 Å². The summed E-state index contributed by atoms with van der Waals surface area (Å²) in [6.07, 6.45) is -1.45. The predicted molar refractivity (Wildman–Crippen MR) is 59.3 cm³/mol. The van der Waals surface area contributed by atoms with Gasteiger partial charge in [-0.1, -0.05) is 25.4 Å². The minimum absolute atomic E-state index is 0.139. The molecule has 0 atom stereocenters. The fourth-order valence-electron chi connectivity index (χ4n) is 1.53. The van der Waals surface area contributed by atoms with Gasteiger partial charge in [0.1, 0.15) is 0 Å². The Morgan fingerprint density at radius 1 is 1.35 bits per heavy atom. The Balaban J connectivity index is 2.67. The van der Waals surface area contributed by atoms with Crippen molar-refractivity contribution in [1.29, 1.82) is 0 Å². The summed E-state index contributed by atoms with van der Waals surface area (Å²) in [6, 6.07) is 0.959. The van der Waals surface area contributed by atoms with Gasteiger partial charge >= 0.3 is 6.18 Å². The van der Waals surface area contributed by atoms with E-state index in [4.69, 9.17) is 11.6 Å². The quantitative estimate of drug-likeness (QED) is 0.755. The Morgan fingerprint density at radius 3 is 2.53 bits per heavy atom. The molecular weight excluding hydrogens is 253 g/mol. The molecule has 0 unspecified atom stereocenters. The summed E-state index contributed by atoms with van der Waals surface area (Å²) < 4.78 is 39.4. The van der Waals surface area contributed by atoms with E-state index in [-0.39, 0.29) is 16.6 Å². The van der Waals surface area contributed by atoms with Crippen LogP contribution in [-0.4, -0.2) is 9.38 Å². The highest BCUT2D eigenvalue weighted by molar-refractivity contribution is 6.34. The summed E-state index contributed by atoms with van der Waals surface area (Å²) in [5.74, 6) is 0.139. The van der Waals surface area contributed by atoms with Gasteiger partial charge in [0, 0.05) is 12.4 Å². The summed E-state index contributed by atoms with van der Waals surface area (Å²) in [5, 5.41) is -0.355. The molecule has 0 fully saturated rings. The van der Waals surface area contributed by atoms with Crippen molar-refractivity contribution in [3.05, 3.63) is 34.7 Å². The van der Waals surface area contributed by atoms with Gasteiger partial charge in [0.25, 0.3) is 0 Å². The second-order valence-corrected chi connectivity index (χ2v) is 4.47. The Labute approximate surface area is 101 Å². The minimum atomic E-state index is -4.46. The average molecular weight is 263 g/mol. The second kappa shape index (κ2) is 3.91. The lowest BCUT2D eigenvalue weighted by Crippen LogP contribution is -2.06. The molecular formula is C11H10ClF3N2. The van der Waals surface area contributed by atoms with Crippen molar-refractivity contribution in [3.63, 3.8) is 0 Å². The van der Waals surface area contributed by atoms with Crippen LogP contribution in [0, 0.1) is 0 Å². The number of rotatable bonds is 1. The van der Waals surface area contributed by atoms with E-state index in [2.05, 4.69) is 4.98 Å². The number of pyridine rings is 1. The molecule has 0 spiro atoms. The number of aromatic nitrogens is 2. The molecule has 0 aliphatic heterocycles. The van der Waals surface area contributed by atoms with Crippen LogP contribution in [-0.2, 0) is 6.18 Å². The van der Waals surface area contributed by atoms with E-state index in [9.17, 15) is 13.2 Å². The maximum atomic E-state index is 12.6. The van der Waals surface area contributed by atoms with Crippen LogP contribution in [0.1, 0.15) is 31.0 Å². The highest BCUT2D eigenvalue weighted by Crippen LogP contribution is 2.36. The van der Waals surface area contributed by atoms with Gasteiger partial charge in [0.2, 0.25) is 0 Å². The van der Waals surface area contributed by atoms with Gasteiger partial charge < -0.3 is 4.40 Å². The summed E-state index contributed by atoms with van der Waals surface area (Å²) in [5.41, 5.74) is 0.00369. The van der Waals surface area contributed by atoms with Crippen LogP contribution in [0.4, 0.5) is 13.2 Å². The van der Waals surface area contributed by atoms with Gasteiger partial charge in [-0.2, -0.15) is 13.2 Å². The molecule has 0 N–H and O–H groups in total. The molecule has 2 rings (SSSR count). The van der Waals surface area contributed by atoms with Crippen LogP contribution in [0.25, 0.3) is 5.65 Å². The molecule has 0 bridgehead atoms. The molecule has 6 heteroatoms. The summed E-state index contributed by atoms with van der Waals surface area (Å²) in [7, 11) is 0. The number of nitrogens with zero attached hydrogens (tertiary/aromatic N) is 2. The molecule has 0 aliphatic carbocycles. The highest BCUT2D eigenvalue weighted by Gasteiger charge is 2.34. The topological polar surface area (TPSA) is 17.3 Å². The number of fused-ring (bicyclic) bond motifs is 1. The van der Waals surface area contributed by atoms with Crippen molar-refractivity contribution < 1.29 is 13.2 Å². The van der Waals surface area contributed by atoms with Crippen LogP contribution in [0.2, 0.25) is 5.02 Å². The fourth-order valence-corrected chi connectivity index (χ4v) is 1.84. The summed E-state index contributed by atoms with van der Waals surface area (Å²) >= 11 is 5.74. The molecule has 0 amide bonds. The molecule has 92 valence electrons. The SMILES string of the molecule is CC(C)c1cn2ccc(C(F)(F)F)c(Cl)c2n1. The molecule has 2 aromatic heterocycles. The first kappa shape index (κ1) is 12.2. The number of alkyl halides is 3. The van der Waals surface area contributed by atoms with Crippen LogP contribution in [0.15, 0.2) is 18.5 Å². The van der Waals surface area contributed by atoms with E-state index in [1.165, 1.54) is 10.6 Å². The van der Waals surface area contributed by atoms with E-state index in [1.807, 2.05) is 13.8 Å². The zero-order valence-electron chi connectivity index (χ0n) is 9.22. The molecule has 2 nitrogen and oxygen atoms in total. The number of hydrogen-bond acceptors (Lipinski definition) is 1. The smallest absolute Gasteiger partial charge is 0.306 e. The lowest BCUT2D eigenvalue weighted by Gasteiger charge is -2.08. The van der Waals surface area contributed by atoms with Crippen molar-refractivity contribution in [3.8, 4) is 0 Å². The van der Waals surface area contributed by atoms with Crippen LogP contribution >= 0.6 is 11.6 Å². The van der Waals surface area contributed by atoms with E-state index in [0.29, 0.717) is 5.69 Å². The Kier molecular flexibility index (Phi) is 2.81. The van der Waals surface area contributed by atoms with Gasteiger partial charge in [-0.05, 0) is 12.0 Å². The van der Waals surface area contributed by atoms with Gasteiger partial charge in [-0.15, -0.1) is 0 Å². The lowest BCUT2D eigenvalue weighted by molar-refractivity contribution is -0.137. The first-order valence-corrected chi connectivity index (χ1v) is 5.43. The summed E-state index contributed by atoms with van der Waals surface area (Å²) in [4.78, 5) is 4.12. The van der Waals surface area contributed by atoms with E-state index in [1.54, 1.807) is 6.20 Å². The van der Waals surface area contributed by atoms with Crippen molar-refractivity contribution in [2.24, 2.45) is 0 Å². The van der Waals surface area contributed by atoms with Crippen molar-refractivity contribution in [2.45, 2.75) is 25.9 Å². The molecule has 0 saturated heterocycles. The van der Waals surface area contributed by atoms with Gasteiger partial charge in [0.15, 0.2) is 5.65 Å². The lowest BCUT2D eigenvalue weighted by atomic mass is 10.2. The van der Waals surface area contributed by atoms with E-state index >= 15 is 0 Å². The number of imidazole rings is 1. The molecule has 17 heavy (non-hydrogen) atoms. The van der Waals surface area contributed by atoms with Gasteiger partial charge in [0.05, 0.1) is 16.3 Å². The maximum Gasteiger partial charge on any atom is 0.418 e. The monoisotopic (exact) mass is 262 g/mol. The molecule has 2 aromatic rings.